The third-order valence-electron chi connectivity index (χ3n) is 4.54. The average Bonchev–Trinajstić information content (AvgIpc) is 2.42. The van der Waals surface area contributed by atoms with Crippen molar-refractivity contribution >= 4 is 5.97 Å². The molecular weight excluding hydrogens is 240 g/mol. The van der Waals surface area contributed by atoms with Crippen molar-refractivity contribution in [2.24, 2.45) is 5.92 Å². The maximum Gasteiger partial charge on any atom is 0.308 e. The molecule has 2 rings (SSSR count). The van der Waals surface area contributed by atoms with Crippen molar-refractivity contribution in [2.75, 3.05) is 26.7 Å². The lowest BCUT2D eigenvalue weighted by Crippen LogP contribution is -2.46. The summed E-state index contributed by atoms with van der Waals surface area (Å²) in [5.41, 5.74) is 0. The first-order valence-corrected chi connectivity index (χ1v) is 7.80. The normalized spacial score (nSPS) is 30.2. The van der Waals surface area contributed by atoms with E-state index in [-0.39, 0.29) is 11.9 Å². The lowest BCUT2D eigenvalue weighted by atomic mass is 9.85. The second-order valence-electron chi connectivity index (χ2n) is 6.04. The van der Waals surface area contributed by atoms with Crippen LogP contribution in [-0.4, -0.2) is 49.7 Å². The molecule has 0 amide bonds. The number of piperidine rings is 1. The fraction of sp³-hybridized carbons (Fsp3) is 0.933. The maximum atomic E-state index is 11.7. The quantitative estimate of drug-likeness (QED) is 0.789. The van der Waals surface area contributed by atoms with Gasteiger partial charge in [0.2, 0.25) is 0 Å². The van der Waals surface area contributed by atoms with Crippen molar-refractivity contribution in [3.05, 3.63) is 0 Å². The van der Waals surface area contributed by atoms with Crippen LogP contribution in [0.1, 0.15) is 45.4 Å². The van der Waals surface area contributed by atoms with Gasteiger partial charge >= 0.3 is 5.97 Å². The molecule has 0 unspecified atom stereocenters. The molecule has 0 radical (unpaired) electrons. The van der Waals surface area contributed by atoms with Crippen molar-refractivity contribution in [3.63, 3.8) is 0 Å². The van der Waals surface area contributed by atoms with Gasteiger partial charge in [-0.3, -0.25) is 4.79 Å². The summed E-state index contributed by atoms with van der Waals surface area (Å²) in [5, 5.41) is 3.79. The fourth-order valence-electron chi connectivity index (χ4n) is 3.26. The zero-order chi connectivity index (χ0) is 13.7. The Hall–Kier alpha value is -0.610. The molecule has 0 aromatic rings. The summed E-state index contributed by atoms with van der Waals surface area (Å²) >= 11 is 0. The second-order valence-corrected chi connectivity index (χ2v) is 6.04. The summed E-state index contributed by atoms with van der Waals surface area (Å²) in [4.78, 5) is 14.1. The molecule has 2 aliphatic rings. The Bertz CT molecular complexity index is 280. The third kappa shape index (κ3) is 4.46. The Morgan fingerprint density at radius 1 is 1.11 bits per heavy atom. The molecule has 1 saturated carbocycles. The molecule has 4 nitrogen and oxygen atoms in total. The van der Waals surface area contributed by atoms with Crippen molar-refractivity contribution in [1.82, 2.24) is 10.2 Å². The predicted molar refractivity (Wildman–Crippen MR) is 76.0 cm³/mol. The topological polar surface area (TPSA) is 41.6 Å². The van der Waals surface area contributed by atoms with E-state index in [2.05, 4.69) is 17.3 Å². The first kappa shape index (κ1) is 14.8. The summed E-state index contributed by atoms with van der Waals surface area (Å²) in [7, 11) is 2.20. The number of nitrogens with one attached hydrogen (secondary N) is 1. The minimum Gasteiger partial charge on any atom is -0.466 e. The standard InChI is InChI=1S/C15H28N2O2/c1-3-19-15(18)12-4-6-13(7-5-12)16-14-8-10-17(2)11-9-14/h12-14,16H,3-11H2,1-2H3. The van der Waals surface area contributed by atoms with Gasteiger partial charge in [0.25, 0.3) is 0 Å². The number of carbonyl (C=O) groups is 1. The predicted octanol–water partition coefficient (Wildman–Crippen LogP) is 1.79. The van der Waals surface area contributed by atoms with Gasteiger partial charge in [-0.1, -0.05) is 0 Å². The Morgan fingerprint density at radius 2 is 1.68 bits per heavy atom. The third-order valence-corrected chi connectivity index (χ3v) is 4.54. The minimum atomic E-state index is 0.0141. The molecule has 19 heavy (non-hydrogen) atoms. The summed E-state index contributed by atoms with van der Waals surface area (Å²) in [6, 6.07) is 1.29. The molecule has 1 aliphatic carbocycles. The zero-order valence-electron chi connectivity index (χ0n) is 12.4. The molecule has 1 heterocycles. The Morgan fingerprint density at radius 3 is 2.26 bits per heavy atom. The van der Waals surface area contributed by atoms with Crippen LogP contribution in [-0.2, 0) is 9.53 Å². The maximum absolute atomic E-state index is 11.7. The molecule has 4 heteroatoms. The van der Waals surface area contributed by atoms with E-state index in [0.29, 0.717) is 18.7 Å². The van der Waals surface area contributed by atoms with Crippen LogP contribution in [0.25, 0.3) is 0 Å². The number of hydrogen-bond acceptors (Lipinski definition) is 4. The summed E-state index contributed by atoms with van der Waals surface area (Å²) in [6.45, 7) is 4.80. The lowest BCUT2D eigenvalue weighted by Gasteiger charge is -2.35. The van der Waals surface area contributed by atoms with Crippen molar-refractivity contribution in [2.45, 2.75) is 57.5 Å². The monoisotopic (exact) mass is 268 g/mol. The van der Waals surface area contributed by atoms with Crippen molar-refractivity contribution < 1.29 is 9.53 Å². The second kappa shape index (κ2) is 7.25. The van der Waals surface area contributed by atoms with Gasteiger partial charge in [-0.2, -0.15) is 0 Å². The van der Waals surface area contributed by atoms with Gasteiger partial charge in [0, 0.05) is 12.1 Å². The summed E-state index contributed by atoms with van der Waals surface area (Å²) in [5.74, 6) is 0.163. The fourth-order valence-corrected chi connectivity index (χ4v) is 3.26. The van der Waals surface area contributed by atoms with E-state index in [4.69, 9.17) is 4.74 Å². The number of esters is 1. The van der Waals surface area contributed by atoms with E-state index in [1.54, 1.807) is 0 Å². The van der Waals surface area contributed by atoms with Crippen LogP contribution in [0, 0.1) is 5.92 Å². The molecule has 1 saturated heterocycles. The Kier molecular flexibility index (Phi) is 5.64. The highest BCUT2D eigenvalue weighted by atomic mass is 16.5. The molecule has 0 bridgehead atoms. The molecule has 110 valence electrons. The van der Waals surface area contributed by atoms with E-state index in [1.165, 1.54) is 25.9 Å². The van der Waals surface area contributed by atoms with E-state index >= 15 is 0 Å². The molecule has 2 fully saturated rings. The van der Waals surface area contributed by atoms with Crippen LogP contribution in [0.4, 0.5) is 0 Å². The van der Waals surface area contributed by atoms with Gasteiger partial charge in [-0.15, -0.1) is 0 Å². The molecule has 0 atom stereocenters. The molecule has 0 aromatic heterocycles. The van der Waals surface area contributed by atoms with Crippen LogP contribution in [0.5, 0.6) is 0 Å². The number of ether oxygens (including phenoxy) is 1. The van der Waals surface area contributed by atoms with Crippen molar-refractivity contribution in [3.8, 4) is 0 Å². The van der Waals surface area contributed by atoms with Gasteiger partial charge in [0.05, 0.1) is 12.5 Å². The molecular formula is C15H28N2O2. The van der Waals surface area contributed by atoms with Crippen molar-refractivity contribution in [1.29, 1.82) is 0 Å². The highest BCUT2D eigenvalue weighted by Gasteiger charge is 2.28. The number of nitrogens with zero attached hydrogens (tertiary/aromatic N) is 1. The molecule has 0 aromatic carbocycles. The van der Waals surface area contributed by atoms with Crippen LogP contribution in [0.3, 0.4) is 0 Å². The number of carbonyl (C=O) groups excluding carboxylic acids is 1. The number of likely N-dealkylation sites (tertiary alicyclic amines) is 1. The number of hydrogen-bond donors (Lipinski definition) is 1. The first-order valence-electron chi connectivity index (χ1n) is 7.80. The van der Waals surface area contributed by atoms with Crippen LogP contribution in [0.2, 0.25) is 0 Å². The SMILES string of the molecule is CCOC(=O)C1CCC(NC2CCN(C)CC2)CC1. The Balaban J connectivity index is 1.67. The highest BCUT2D eigenvalue weighted by molar-refractivity contribution is 5.72. The average molecular weight is 268 g/mol. The van der Waals surface area contributed by atoms with Crippen LogP contribution >= 0.6 is 0 Å². The van der Waals surface area contributed by atoms with Gasteiger partial charge in [0.15, 0.2) is 0 Å². The Labute approximate surface area is 116 Å². The minimum absolute atomic E-state index is 0.0141. The molecule has 0 spiro atoms. The lowest BCUT2D eigenvalue weighted by molar-refractivity contribution is -0.149. The largest absolute Gasteiger partial charge is 0.466 e. The molecule has 1 aliphatic heterocycles. The highest BCUT2D eigenvalue weighted by Crippen LogP contribution is 2.26. The van der Waals surface area contributed by atoms with Crippen LogP contribution < -0.4 is 5.32 Å². The molecule has 1 N–H and O–H groups in total. The van der Waals surface area contributed by atoms with E-state index < -0.39 is 0 Å². The summed E-state index contributed by atoms with van der Waals surface area (Å²) in [6.07, 6.45) is 6.74. The van der Waals surface area contributed by atoms with E-state index in [9.17, 15) is 4.79 Å². The van der Waals surface area contributed by atoms with Gasteiger partial charge in [-0.05, 0) is 65.6 Å². The van der Waals surface area contributed by atoms with E-state index in [1.807, 2.05) is 6.92 Å². The van der Waals surface area contributed by atoms with Gasteiger partial charge in [0.1, 0.15) is 0 Å². The van der Waals surface area contributed by atoms with Gasteiger partial charge < -0.3 is 15.0 Å². The smallest absolute Gasteiger partial charge is 0.308 e. The first-order chi connectivity index (χ1) is 9.19. The summed E-state index contributed by atoms with van der Waals surface area (Å²) < 4.78 is 5.11. The van der Waals surface area contributed by atoms with Gasteiger partial charge in [-0.25, -0.2) is 0 Å². The number of rotatable bonds is 4. The van der Waals surface area contributed by atoms with E-state index in [0.717, 1.165) is 25.7 Å². The van der Waals surface area contributed by atoms with Crippen LogP contribution in [0.15, 0.2) is 0 Å². The zero-order valence-corrected chi connectivity index (χ0v) is 12.4.